The van der Waals surface area contributed by atoms with Crippen LogP contribution in [0.5, 0.6) is 0 Å². The number of rotatable bonds is 5. The summed E-state index contributed by atoms with van der Waals surface area (Å²) >= 11 is 3.74. The average molecular weight is 337 g/mol. The van der Waals surface area contributed by atoms with Crippen LogP contribution in [0, 0.1) is 5.92 Å². The molecule has 3 nitrogen and oxygen atoms in total. The SMILES string of the molecule is O=C(/C=C/c1ccsc1)NCC1CCN([C@H]2CCSC2)CC1. The van der Waals surface area contributed by atoms with Gasteiger partial charge in [-0.2, -0.15) is 23.1 Å². The molecule has 1 atom stereocenters. The highest BCUT2D eigenvalue weighted by Crippen LogP contribution is 2.26. The molecule has 1 aromatic rings. The molecule has 0 aromatic carbocycles. The van der Waals surface area contributed by atoms with E-state index in [1.807, 2.05) is 22.9 Å². The van der Waals surface area contributed by atoms with Gasteiger partial charge in [-0.3, -0.25) is 9.69 Å². The van der Waals surface area contributed by atoms with Crippen LogP contribution >= 0.6 is 23.1 Å². The van der Waals surface area contributed by atoms with E-state index in [0.29, 0.717) is 5.92 Å². The number of carbonyl (C=O) groups excluding carboxylic acids is 1. The number of likely N-dealkylation sites (tertiary alicyclic amines) is 1. The molecule has 5 heteroatoms. The highest BCUT2D eigenvalue weighted by Gasteiger charge is 2.27. The van der Waals surface area contributed by atoms with Crippen LogP contribution in [0.4, 0.5) is 0 Å². The molecule has 2 aliphatic rings. The van der Waals surface area contributed by atoms with Gasteiger partial charge in [-0.1, -0.05) is 0 Å². The van der Waals surface area contributed by atoms with E-state index in [9.17, 15) is 4.79 Å². The van der Waals surface area contributed by atoms with Gasteiger partial charge >= 0.3 is 0 Å². The Labute approximate surface area is 141 Å². The van der Waals surface area contributed by atoms with Crippen molar-refractivity contribution in [3.63, 3.8) is 0 Å². The molecule has 22 heavy (non-hydrogen) atoms. The normalized spacial score (nSPS) is 24.1. The molecule has 2 fully saturated rings. The van der Waals surface area contributed by atoms with Crippen LogP contribution in [-0.2, 0) is 4.79 Å². The number of thiophene rings is 1. The predicted octanol–water partition coefficient (Wildman–Crippen LogP) is 3.10. The molecule has 2 saturated heterocycles. The summed E-state index contributed by atoms with van der Waals surface area (Å²) in [4.78, 5) is 14.5. The second-order valence-corrected chi connectivity index (χ2v) is 8.06. The van der Waals surface area contributed by atoms with Crippen molar-refractivity contribution in [3.8, 4) is 0 Å². The molecule has 3 rings (SSSR count). The molecule has 0 saturated carbocycles. The maximum Gasteiger partial charge on any atom is 0.244 e. The van der Waals surface area contributed by atoms with Crippen LogP contribution in [0.25, 0.3) is 6.08 Å². The Kier molecular flexibility index (Phi) is 5.98. The summed E-state index contributed by atoms with van der Waals surface area (Å²) in [6.45, 7) is 3.23. The molecule has 1 amide bonds. The van der Waals surface area contributed by atoms with Gasteiger partial charge in [0.15, 0.2) is 0 Å². The van der Waals surface area contributed by atoms with Crippen molar-refractivity contribution in [1.82, 2.24) is 10.2 Å². The maximum absolute atomic E-state index is 11.8. The van der Waals surface area contributed by atoms with Crippen LogP contribution in [0.1, 0.15) is 24.8 Å². The van der Waals surface area contributed by atoms with E-state index < -0.39 is 0 Å². The number of nitrogens with zero attached hydrogens (tertiary/aromatic N) is 1. The number of piperidine rings is 1. The third kappa shape index (κ3) is 4.61. The Bertz CT molecular complexity index is 487. The van der Waals surface area contributed by atoms with Crippen LogP contribution in [-0.4, -0.2) is 48.0 Å². The standard InChI is InChI=1S/C17H24N2OS2/c20-17(2-1-15-5-9-21-12-15)18-11-14-3-7-19(8-4-14)16-6-10-22-13-16/h1-2,5,9,12,14,16H,3-4,6-8,10-11,13H2,(H,18,20)/b2-1+/t16-/m0/s1. The van der Waals surface area contributed by atoms with E-state index in [1.165, 1.54) is 43.9 Å². The van der Waals surface area contributed by atoms with E-state index in [0.717, 1.165) is 18.2 Å². The van der Waals surface area contributed by atoms with Crippen LogP contribution < -0.4 is 5.32 Å². The van der Waals surface area contributed by atoms with E-state index in [-0.39, 0.29) is 5.91 Å². The fourth-order valence-corrected chi connectivity index (χ4v) is 5.06. The molecule has 0 unspecified atom stereocenters. The summed E-state index contributed by atoms with van der Waals surface area (Å²) in [7, 11) is 0. The lowest BCUT2D eigenvalue weighted by molar-refractivity contribution is -0.116. The molecule has 0 bridgehead atoms. The summed E-state index contributed by atoms with van der Waals surface area (Å²) in [5, 5.41) is 7.12. The zero-order chi connectivity index (χ0) is 15.2. The number of hydrogen-bond donors (Lipinski definition) is 1. The molecule has 1 N–H and O–H groups in total. The number of amides is 1. The molecule has 0 radical (unpaired) electrons. The highest BCUT2D eigenvalue weighted by atomic mass is 32.2. The summed E-state index contributed by atoms with van der Waals surface area (Å²) in [6.07, 6.45) is 7.32. The van der Waals surface area contributed by atoms with Gasteiger partial charge in [-0.05, 0) is 72.5 Å². The molecule has 1 aromatic heterocycles. The lowest BCUT2D eigenvalue weighted by Crippen LogP contribution is -2.43. The van der Waals surface area contributed by atoms with Crippen molar-refractivity contribution in [2.75, 3.05) is 31.1 Å². The predicted molar refractivity (Wildman–Crippen MR) is 96.4 cm³/mol. The van der Waals surface area contributed by atoms with E-state index in [4.69, 9.17) is 0 Å². The summed E-state index contributed by atoms with van der Waals surface area (Å²) in [5.41, 5.74) is 1.10. The van der Waals surface area contributed by atoms with Gasteiger partial charge in [0.25, 0.3) is 0 Å². The largest absolute Gasteiger partial charge is 0.352 e. The van der Waals surface area contributed by atoms with Gasteiger partial charge in [-0.25, -0.2) is 0 Å². The lowest BCUT2D eigenvalue weighted by Gasteiger charge is -2.35. The van der Waals surface area contributed by atoms with Crippen molar-refractivity contribution < 1.29 is 4.79 Å². The van der Waals surface area contributed by atoms with Gasteiger partial charge in [0.2, 0.25) is 5.91 Å². The number of hydrogen-bond acceptors (Lipinski definition) is 4. The first kappa shape index (κ1) is 16.1. The third-order valence-corrected chi connectivity index (χ3v) is 6.45. The Morgan fingerprint density at radius 1 is 1.36 bits per heavy atom. The van der Waals surface area contributed by atoms with Crippen molar-refractivity contribution in [2.45, 2.75) is 25.3 Å². The first-order valence-corrected chi connectivity index (χ1v) is 10.2. The molecular formula is C17H24N2OS2. The van der Waals surface area contributed by atoms with Gasteiger partial charge in [0.1, 0.15) is 0 Å². The van der Waals surface area contributed by atoms with Crippen LogP contribution in [0.15, 0.2) is 22.9 Å². The van der Waals surface area contributed by atoms with Crippen molar-refractivity contribution in [3.05, 3.63) is 28.5 Å². The zero-order valence-corrected chi connectivity index (χ0v) is 14.5. The fourth-order valence-electron chi connectivity index (χ4n) is 3.18. The zero-order valence-electron chi connectivity index (χ0n) is 12.9. The van der Waals surface area contributed by atoms with Crippen molar-refractivity contribution in [2.24, 2.45) is 5.92 Å². The van der Waals surface area contributed by atoms with Crippen LogP contribution in [0.3, 0.4) is 0 Å². The molecule has 3 heterocycles. The smallest absolute Gasteiger partial charge is 0.244 e. The van der Waals surface area contributed by atoms with E-state index >= 15 is 0 Å². The lowest BCUT2D eigenvalue weighted by atomic mass is 9.95. The summed E-state index contributed by atoms with van der Waals surface area (Å²) < 4.78 is 0. The molecule has 120 valence electrons. The minimum absolute atomic E-state index is 0.0285. The quantitative estimate of drug-likeness (QED) is 0.839. The van der Waals surface area contributed by atoms with Gasteiger partial charge in [0, 0.05) is 24.4 Å². The topological polar surface area (TPSA) is 32.3 Å². The summed E-state index contributed by atoms with van der Waals surface area (Å²) in [6, 6.07) is 2.83. The average Bonchev–Trinajstić information content (AvgIpc) is 3.24. The second-order valence-electron chi connectivity index (χ2n) is 6.13. The van der Waals surface area contributed by atoms with E-state index in [2.05, 4.69) is 22.0 Å². The fraction of sp³-hybridized carbons (Fsp3) is 0.588. The molecule has 0 aliphatic carbocycles. The molecule has 2 aliphatic heterocycles. The molecular weight excluding hydrogens is 312 g/mol. The highest BCUT2D eigenvalue weighted by molar-refractivity contribution is 7.99. The number of carbonyl (C=O) groups is 1. The number of thioether (sulfide) groups is 1. The Morgan fingerprint density at radius 2 is 2.23 bits per heavy atom. The van der Waals surface area contributed by atoms with Gasteiger partial charge < -0.3 is 5.32 Å². The molecule has 0 spiro atoms. The minimum Gasteiger partial charge on any atom is -0.352 e. The third-order valence-electron chi connectivity index (χ3n) is 4.61. The number of nitrogens with one attached hydrogen (secondary N) is 1. The first-order chi connectivity index (χ1) is 10.8. The van der Waals surface area contributed by atoms with Crippen molar-refractivity contribution >= 4 is 35.1 Å². The van der Waals surface area contributed by atoms with Gasteiger partial charge in [-0.15, -0.1) is 0 Å². The minimum atomic E-state index is 0.0285. The van der Waals surface area contributed by atoms with Crippen molar-refractivity contribution in [1.29, 1.82) is 0 Å². The summed E-state index contributed by atoms with van der Waals surface area (Å²) in [5.74, 6) is 3.32. The second kappa shape index (κ2) is 8.18. The maximum atomic E-state index is 11.8. The Hall–Kier alpha value is -0.780. The Balaban J connectivity index is 1.35. The Morgan fingerprint density at radius 3 is 2.91 bits per heavy atom. The van der Waals surface area contributed by atoms with Crippen LogP contribution in [0.2, 0.25) is 0 Å². The van der Waals surface area contributed by atoms with E-state index in [1.54, 1.807) is 17.4 Å². The monoisotopic (exact) mass is 336 g/mol. The van der Waals surface area contributed by atoms with Gasteiger partial charge in [0.05, 0.1) is 0 Å². The first-order valence-electron chi connectivity index (χ1n) is 8.11.